The molecule has 1 fully saturated rings. The lowest BCUT2D eigenvalue weighted by Gasteiger charge is -2.26. The van der Waals surface area contributed by atoms with Gasteiger partial charge in [-0.15, -0.1) is 0 Å². The van der Waals surface area contributed by atoms with Crippen LogP contribution in [0.4, 0.5) is 5.69 Å². The Hall–Kier alpha value is -2.71. The van der Waals surface area contributed by atoms with Gasteiger partial charge in [-0.3, -0.25) is 9.59 Å². The second-order valence-corrected chi connectivity index (χ2v) is 10.0. The number of benzene rings is 2. The second-order valence-electron chi connectivity index (χ2n) is 8.07. The fourth-order valence-corrected chi connectivity index (χ4v) is 5.12. The fraction of sp³-hybridized carbons (Fsp3) is 0.391. The summed E-state index contributed by atoms with van der Waals surface area (Å²) < 4.78 is 27.5. The number of aryl methyl sites for hydroxylation is 1. The van der Waals surface area contributed by atoms with Crippen molar-refractivity contribution >= 4 is 27.5 Å². The Kier molecular flexibility index (Phi) is 7.12. The monoisotopic (exact) mass is 443 g/mol. The topological polar surface area (TPSA) is 95.6 Å². The fourth-order valence-electron chi connectivity index (χ4n) is 3.58. The molecule has 2 aromatic carbocycles. The zero-order valence-electron chi connectivity index (χ0n) is 18.1. The number of carbonyl (C=O) groups excluding carboxylic acids is 2. The summed E-state index contributed by atoms with van der Waals surface area (Å²) in [5.41, 5.74) is 1.63. The molecule has 0 unspecified atom stereocenters. The van der Waals surface area contributed by atoms with Crippen LogP contribution in [0.2, 0.25) is 0 Å². The van der Waals surface area contributed by atoms with E-state index in [0.717, 1.165) is 19.3 Å². The Morgan fingerprint density at radius 1 is 0.935 bits per heavy atom. The number of sulfonamides is 1. The van der Waals surface area contributed by atoms with Crippen molar-refractivity contribution in [2.75, 3.05) is 18.4 Å². The van der Waals surface area contributed by atoms with E-state index >= 15 is 0 Å². The number of hydrogen-bond donors (Lipinski definition) is 2. The van der Waals surface area contributed by atoms with E-state index in [1.807, 2.05) is 13.8 Å². The first-order valence-corrected chi connectivity index (χ1v) is 12.0. The van der Waals surface area contributed by atoms with Crippen LogP contribution in [0.15, 0.2) is 47.4 Å². The largest absolute Gasteiger partial charge is 0.350 e. The highest BCUT2D eigenvalue weighted by Gasteiger charge is 2.27. The van der Waals surface area contributed by atoms with Gasteiger partial charge in [0.05, 0.1) is 16.1 Å². The molecule has 0 radical (unpaired) electrons. The minimum absolute atomic E-state index is 0.0461. The molecular formula is C23H29N3O4S. The van der Waals surface area contributed by atoms with Gasteiger partial charge in [-0.2, -0.15) is 4.31 Å². The molecule has 1 heterocycles. The average Bonchev–Trinajstić information content (AvgIpc) is 2.74. The maximum Gasteiger partial charge on any atom is 0.255 e. The van der Waals surface area contributed by atoms with Gasteiger partial charge >= 0.3 is 0 Å². The number of nitrogens with one attached hydrogen (secondary N) is 2. The van der Waals surface area contributed by atoms with Crippen LogP contribution in [0.3, 0.4) is 0 Å². The molecule has 0 aliphatic carbocycles. The van der Waals surface area contributed by atoms with Gasteiger partial charge in [-0.25, -0.2) is 8.42 Å². The van der Waals surface area contributed by atoms with Gasteiger partial charge in [-0.1, -0.05) is 24.6 Å². The molecule has 3 rings (SSSR count). The van der Waals surface area contributed by atoms with Gasteiger partial charge in [0, 0.05) is 24.7 Å². The normalized spacial score (nSPS) is 15.0. The summed E-state index contributed by atoms with van der Waals surface area (Å²) in [4.78, 5) is 25.6. The first-order chi connectivity index (χ1) is 14.7. The molecule has 7 nitrogen and oxygen atoms in total. The van der Waals surface area contributed by atoms with E-state index in [0.29, 0.717) is 29.9 Å². The van der Waals surface area contributed by atoms with Gasteiger partial charge in [0.25, 0.3) is 11.8 Å². The van der Waals surface area contributed by atoms with Crippen molar-refractivity contribution in [3.63, 3.8) is 0 Å². The number of anilines is 1. The zero-order chi connectivity index (χ0) is 22.6. The van der Waals surface area contributed by atoms with Crippen molar-refractivity contribution in [2.24, 2.45) is 0 Å². The molecule has 2 N–H and O–H groups in total. The number of para-hydroxylation sites is 1. The number of amides is 2. The molecule has 2 amide bonds. The Bertz CT molecular complexity index is 1070. The van der Waals surface area contributed by atoms with E-state index in [2.05, 4.69) is 10.6 Å². The van der Waals surface area contributed by atoms with E-state index in [4.69, 9.17) is 0 Å². The van der Waals surface area contributed by atoms with Crippen LogP contribution in [-0.2, 0) is 10.0 Å². The highest BCUT2D eigenvalue weighted by Crippen LogP contribution is 2.24. The van der Waals surface area contributed by atoms with Crippen molar-refractivity contribution in [2.45, 2.75) is 51.0 Å². The standard InChI is InChI=1S/C23H29N3O4S/c1-16(2)24-22(27)19-9-5-6-10-21(19)25-23(28)20-15-18(12-11-17(20)3)31(29,30)26-13-7-4-8-14-26/h5-6,9-12,15-16H,4,7-8,13-14H2,1-3H3,(H,24,27)(H,25,28). The summed E-state index contributed by atoms with van der Waals surface area (Å²) >= 11 is 0. The predicted molar refractivity (Wildman–Crippen MR) is 121 cm³/mol. The third kappa shape index (κ3) is 5.32. The first kappa shape index (κ1) is 23.0. The molecule has 8 heteroatoms. The van der Waals surface area contributed by atoms with Gasteiger partial charge in [0.1, 0.15) is 0 Å². The van der Waals surface area contributed by atoms with Crippen LogP contribution in [-0.4, -0.2) is 43.7 Å². The molecule has 2 aromatic rings. The molecule has 1 saturated heterocycles. The van der Waals surface area contributed by atoms with Gasteiger partial charge in [-0.05, 0) is 63.4 Å². The maximum atomic E-state index is 13.0. The lowest BCUT2D eigenvalue weighted by Crippen LogP contribution is -2.35. The van der Waals surface area contributed by atoms with Crippen LogP contribution in [0.5, 0.6) is 0 Å². The van der Waals surface area contributed by atoms with Crippen LogP contribution < -0.4 is 10.6 Å². The maximum absolute atomic E-state index is 13.0. The number of hydrogen-bond acceptors (Lipinski definition) is 4. The predicted octanol–water partition coefficient (Wildman–Crippen LogP) is 3.56. The molecule has 166 valence electrons. The van der Waals surface area contributed by atoms with Crippen molar-refractivity contribution < 1.29 is 18.0 Å². The Labute approximate surface area is 183 Å². The summed E-state index contributed by atoms with van der Waals surface area (Å²) in [7, 11) is -3.65. The summed E-state index contributed by atoms with van der Waals surface area (Å²) in [6, 6.07) is 11.3. The van der Waals surface area contributed by atoms with Crippen molar-refractivity contribution in [3.8, 4) is 0 Å². The molecule has 0 aromatic heterocycles. The third-order valence-corrected chi connectivity index (χ3v) is 7.14. The molecule has 0 bridgehead atoms. The van der Waals surface area contributed by atoms with Gasteiger partial charge < -0.3 is 10.6 Å². The highest BCUT2D eigenvalue weighted by atomic mass is 32.2. The quantitative estimate of drug-likeness (QED) is 0.714. The summed E-state index contributed by atoms with van der Waals surface area (Å²) in [5, 5.41) is 5.59. The smallest absolute Gasteiger partial charge is 0.255 e. The van der Waals surface area contributed by atoms with Crippen LogP contribution in [0.1, 0.15) is 59.4 Å². The third-order valence-electron chi connectivity index (χ3n) is 5.25. The van der Waals surface area contributed by atoms with Gasteiger partial charge in [0.2, 0.25) is 10.0 Å². The first-order valence-electron chi connectivity index (χ1n) is 10.5. The summed E-state index contributed by atoms with van der Waals surface area (Å²) in [6.45, 7) is 6.46. The Morgan fingerprint density at radius 3 is 2.29 bits per heavy atom. The lowest BCUT2D eigenvalue weighted by atomic mass is 10.1. The van der Waals surface area contributed by atoms with Crippen LogP contribution in [0, 0.1) is 6.92 Å². The number of nitrogens with zero attached hydrogens (tertiary/aromatic N) is 1. The highest BCUT2D eigenvalue weighted by molar-refractivity contribution is 7.89. The molecule has 1 aliphatic rings. The molecule has 31 heavy (non-hydrogen) atoms. The van der Waals surface area contributed by atoms with Crippen LogP contribution in [0.25, 0.3) is 0 Å². The minimum atomic E-state index is -3.65. The molecule has 1 aliphatic heterocycles. The zero-order valence-corrected chi connectivity index (χ0v) is 19.0. The SMILES string of the molecule is Cc1ccc(S(=O)(=O)N2CCCCC2)cc1C(=O)Nc1ccccc1C(=O)NC(C)C. The number of piperidine rings is 1. The summed E-state index contributed by atoms with van der Waals surface area (Å²) in [5.74, 6) is -0.748. The Morgan fingerprint density at radius 2 is 1.61 bits per heavy atom. The number of carbonyl (C=O) groups is 2. The summed E-state index contributed by atoms with van der Waals surface area (Å²) in [6.07, 6.45) is 2.71. The number of rotatable bonds is 6. The van der Waals surface area contributed by atoms with E-state index in [-0.39, 0.29) is 22.4 Å². The molecule has 0 saturated carbocycles. The van der Waals surface area contributed by atoms with Gasteiger partial charge in [0.15, 0.2) is 0 Å². The lowest BCUT2D eigenvalue weighted by molar-refractivity contribution is 0.0944. The van der Waals surface area contributed by atoms with E-state index < -0.39 is 15.9 Å². The minimum Gasteiger partial charge on any atom is -0.350 e. The second kappa shape index (κ2) is 9.62. The molecule has 0 atom stereocenters. The molecule has 0 spiro atoms. The molecular weight excluding hydrogens is 414 g/mol. The van der Waals surface area contributed by atoms with Crippen LogP contribution >= 0.6 is 0 Å². The van der Waals surface area contributed by atoms with E-state index in [1.165, 1.54) is 10.4 Å². The Balaban J connectivity index is 1.88. The van der Waals surface area contributed by atoms with Crippen molar-refractivity contribution in [1.82, 2.24) is 9.62 Å². The van der Waals surface area contributed by atoms with Crippen molar-refractivity contribution in [1.29, 1.82) is 0 Å². The van der Waals surface area contributed by atoms with E-state index in [1.54, 1.807) is 43.3 Å². The van der Waals surface area contributed by atoms with E-state index in [9.17, 15) is 18.0 Å². The average molecular weight is 444 g/mol. The van der Waals surface area contributed by atoms with Crippen molar-refractivity contribution in [3.05, 3.63) is 59.2 Å².